The lowest BCUT2D eigenvalue weighted by Gasteiger charge is -2.13. The molecule has 0 saturated heterocycles. The van der Waals surface area contributed by atoms with Gasteiger partial charge in [-0.15, -0.1) is 0 Å². The highest BCUT2D eigenvalue weighted by Crippen LogP contribution is 2.31. The largest absolute Gasteiger partial charge is 0.359 e. The fourth-order valence-electron chi connectivity index (χ4n) is 5.02. The number of rotatable bonds is 9. The molecule has 0 fully saturated rings. The molecular weight excluding hydrogens is 524 g/mol. The van der Waals surface area contributed by atoms with Gasteiger partial charge in [0.1, 0.15) is 22.0 Å². The van der Waals surface area contributed by atoms with Crippen LogP contribution >= 0.6 is 0 Å². The summed E-state index contributed by atoms with van der Waals surface area (Å²) < 4.78 is 39.1. The minimum atomic E-state index is -3.97. The van der Waals surface area contributed by atoms with Gasteiger partial charge in [-0.3, -0.25) is 4.72 Å². The number of sulfonamides is 1. The van der Waals surface area contributed by atoms with Crippen LogP contribution < -0.4 is 4.72 Å². The molecule has 0 bridgehead atoms. The number of nitrogens with one attached hydrogen (secondary N) is 1. The maximum Gasteiger partial charge on any atom is 0.265 e. The van der Waals surface area contributed by atoms with Crippen LogP contribution in [0.5, 0.6) is 0 Å². The van der Waals surface area contributed by atoms with Crippen molar-refractivity contribution in [1.29, 1.82) is 0 Å². The van der Waals surface area contributed by atoms with E-state index in [9.17, 15) is 8.42 Å². The molecule has 0 aliphatic rings. The van der Waals surface area contributed by atoms with Crippen molar-refractivity contribution in [3.63, 3.8) is 0 Å². The monoisotopic (exact) mass is 554 g/mol. The number of aryl methyl sites for hydroxylation is 2. The number of nitrogens with zero attached hydrogens (tertiary/aromatic N) is 5. The molecule has 0 radical (unpaired) electrons. The molecular formula is C30H30N6O3S. The van der Waals surface area contributed by atoms with Crippen molar-refractivity contribution < 1.29 is 12.9 Å². The first-order valence-electron chi connectivity index (χ1n) is 13.3. The Morgan fingerprint density at radius 3 is 2.60 bits per heavy atom. The van der Waals surface area contributed by atoms with E-state index < -0.39 is 10.0 Å². The number of benzene rings is 2. The zero-order valence-corrected chi connectivity index (χ0v) is 23.4. The second kappa shape index (κ2) is 10.3. The molecule has 0 unspecified atom stereocenters. The number of para-hydroxylation sites is 2. The van der Waals surface area contributed by atoms with Crippen molar-refractivity contribution >= 4 is 37.9 Å². The van der Waals surface area contributed by atoms with Crippen LogP contribution in [0, 0.1) is 13.8 Å². The molecule has 0 saturated carbocycles. The smallest absolute Gasteiger partial charge is 0.265 e. The number of hydrogen-bond acceptors (Lipinski definition) is 6. The first kappa shape index (κ1) is 25.8. The van der Waals surface area contributed by atoms with Crippen LogP contribution in [0.2, 0.25) is 0 Å². The van der Waals surface area contributed by atoms with Gasteiger partial charge in [0.15, 0.2) is 11.5 Å². The molecule has 4 heterocycles. The summed E-state index contributed by atoms with van der Waals surface area (Å²) in [6, 6.07) is 18.9. The summed E-state index contributed by atoms with van der Waals surface area (Å²) in [6.07, 6.45) is 6.78. The Labute approximate surface area is 232 Å². The van der Waals surface area contributed by atoms with E-state index in [0.29, 0.717) is 23.6 Å². The van der Waals surface area contributed by atoms with Crippen molar-refractivity contribution in [2.75, 3.05) is 4.72 Å². The third kappa shape index (κ3) is 4.54. The van der Waals surface area contributed by atoms with Crippen molar-refractivity contribution in [2.45, 2.75) is 51.5 Å². The minimum Gasteiger partial charge on any atom is -0.359 e. The number of pyridine rings is 1. The van der Waals surface area contributed by atoms with Crippen molar-refractivity contribution in [3.05, 3.63) is 95.8 Å². The molecule has 0 aliphatic carbocycles. The van der Waals surface area contributed by atoms with Gasteiger partial charge in [-0.25, -0.2) is 18.4 Å². The maximum absolute atomic E-state index is 13.6. The fourth-order valence-corrected chi connectivity index (χ4v) is 6.28. The SMILES string of the molecule is CCCCc1nc2cccnc2n1Cc1cn(-c2ccccc2S(=O)(=O)Nc2noc(C)c2C)c2ccccc12. The molecule has 9 nitrogen and oxygen atoms in total. The topological polar surface area (TPSA) is 108 Å². The van der Waals surface area contributed by atoms with Crippen molar-refractivity contribution in [2.24, 2.45) is 0 Å². The van der Waals surface area contributed by atoms with E-state index in [2.05, 4.69) is 32.4 Å². The van der Waals surface area contributed by atoms with Crippen LogP contribution in [0.4, 0.5) is 5.82 Å². The first-order chi connectivity index (χ1) is 19.4. The molecule has 0 amide bonds. The zero-order valence-electron chi connectivity index (χ0n) is 22.6. The van der Waals surface area contributed by atoms with Gasteiger partial charge in [0, 0.05) is 29.8 Å². The lowest BCUT2D eigenvalue weighted by atomic mass is 10.1. The summed E-state index contributed by atoms with van der Waals surface area (Å²) in [5, 5.41) is 4.92. The van der Waals surface area contributed by atoms with Gasteiger partial charge >= 0.3 is 0 Å². The predicted molar refractivity (Wildman–Crippen MR) is 155 cm³/mol. The Hall–Kier alpha value is -4.44. The van der Waals surface area contributed by atoms with Crippen LogP contribution in [0.15, 0.2) is 82.5 Å². The number of imidazole rings is 1. The Kier molecular flexibility index (Phi) is 6.63. The van der Waals surface area contributed by atoms with Gasteiger partial charge < -0.3 is 13.7 Å². The molecule has 10 heteroatoms. The van der Waals surface area contributed by atoms with Gasteiger partial charge in [0.05, 0.1) is 17.7 Å². The molecule has 6 rings (SSSR count). The van der Waals surface area contributed by atoms with Crippen LogP contribution in [0.25, 0.3) is 27.8 Å². The lowest BCUT2D eigenvalue weighted by molar-refractivity contribution is 0.399. The molecule has 2 aromatic carbocycles. The Morgan fingerprint density at radius 2 is 1.80 bits per heavy atom. The molecule has 204 valence electrons. The minimum absolute atomic E-state index is 0.140. The summed E-state index contributed by atoms with van der Waals surface area (Å²) in [5.41, 5.74) is 4.85. The molecule has 40 heavy (non-hydrogen) atoms. The molecule has 6 aromatic rings. The van der Waals surface area contributed by atoms with Crippen molar-refractivity contribution in [1.82, 2.24) is 24.3 Å². The van der Waals surface area contributed by atoms with Crippen LogP contribution in [0.1, 0.15) is 42.5 Å². The highest BCUT2D eigenvalue weighted by atomic mass is 32.2. The maximum atomic E-state index is 13.6. The highest BCUT2D eigenvalue weighted by molar-refractivity contribution is 7.92. The second-order valence-corrected chi connectivity index (χ2v) is 11.5. The highest BCUT2D eigenvalue weighted by Gasteiger charge is 2.24. The van der Waals surface area contributed by atoms with E-state index >= 15 is 0 Å². The quantitative estimate of drug-likeness (QED) is 0.229. The molecule has 0 spiro atoms. The Balaban J connectivity index is 1.47. The average molecular weight is 555 g/mol. The van der Waals surface area contributed by atoms with Gasteiger partial charge in [0.25, 0.3) is 10.0 Å². The second-order valence-electron chi connectivity index (χ2n) is 9.89. The van der Waals surface area contributed by atoms with E-state index in [0.717, 1.165) is 52.7 Å². The predicted octanol–water partition coefficient (Wildman–Crippen LogP) is 6.17. The summed E-state index contributed by atoms with van der Waals surface area (Å²) in [5.74, 6) is 1.74. The summed E-state index contributed by atoms with van der Waals surface area (Å²) in [6.45, 7) is 6.24. The molecule has 4 aromatic heterocycles. The van der Waals surface area contributed by atoms with E-state index in [1.165, 1.54) is 0 Å². The Morgan fingerprint density at radius 1 is 1.00 bits per heavy atom. The number of anilines is 1. The van der Waals surface area contributed by atoms with Gasteiger partial charge in [-0.2, -0.15) is 0 Å². The summed E-state index contributed by atoms with van der Waals surface area (Å²) in [7, 11) is -3.97. The van der Waals surface area contributed by atoms with Crippen LogP contribution in [-0.4, -0.2) is 32.7 Å². The molecule has 0 aliphatic heterocycles. The normalized spacial score (nSPS) is 12.0. The number of unbranched alkanes of at least 4 members (excludes halogenated alkanes) is 1. The van der Waals surface area contributed by atoms with Gasteiger partial charge in [0.2, 0.25) is 0 Å². The van der Waals surface area contributed by atoms with Crippen molar-refractivity contribution in [3.8, 4) is 5.69 Å². The molecule has 1 N–H and O–H groups in total. The summed E-state index contributed by atoms with van der Waals surface area (Å²) in [4.78, 5) is 9.66. The summed E-state index contributed by atoms with van der Waals surface area (Å²) >= 11 is 0. The Bertz CT molecular complexity index is 1950. The zero-order chi connectivity index (χ0) is 27.9. The van der Waals surface area contributed by atoms with E-state index in [-0.39, 0.29) is 10.7 Å². The number of aromatic nitrogens is 5. The third-order valence-electron chi connectivity index (χ3n) is 7.26. The van der Waals surface area contributed by atoms with Crippen LogP contribution in [-0.2, 0) is 23.0 Å². The van der Waals surface area contributed by atoms with E-state index in [4.69, 9.17) is 9.51 Å². The fraction of sp³-hybridized carbons (Fsp3) is 0.233. The lowest BCUT2D eigenvalue weighted by Crippen LogP contribution is -2.16. The van der Waals surface area contributed by atoms with Crippen LogP contribution in [0.3, 0.4) is 0 Å². The van der Waals surface area contributed by atoms with Gasteiger partial charge in [-0.05, 0) is 56.2 Å². The standard InChI is InChI=1S/C30H30N6O3S/c1-4-5-16-28-32-24-12-10-17-31-30(24)36(28)19-22-18-35(25-13-7-6-11-23(22)25)26-14-8-9-15-27(26)40(37,38)34-29-20(2)21(3)39-33-29/h6-15,17-18H,4-5,16,19H2,1-3H3,(H,33,34). The number of fused-ring (bicyclic) bond motifs is 2. The average Bonchev–Trinajstić information content (AvgIpc) is 3.61. The third-order valence-corrected chi connectivity index (χ3v) is 8.65. The van der Waals surface area contributed by atoms with E-state index in [1.54, 1.807) is 32.2 Å². The van der Waals surface area contributed by atoms with E-state index in [1.807, 2.05) is 53.2 Å². The molecule has 0 atom stereocenters. The number of hydrogen-bond donors (Lipinski definition) is 1. The first-order valence-corrected chi connectivity index (χ1v) is 14.8. The van der Waals surface area contributed by atoms with Gasteiger partial charge in [-0.1, -0.05) is 48.8 Å².